The molecule has 0 atom stereocenters. The first-order valence-corrected chi connectivity index (χ1v) is 7.48. The van der Waals surface area contributed by atoms with E-state index < -0.39 is 11.7 Å². The molecule has 0 fully saturated rings. The van der Waals surface area contributed by atoms with Gasteiger partial charge in [0.25, 0.3) is 0 Å². The standard InChI is InChI=1S/C14H10FN3OSe/c1-8-4-2-5-9(12(8)15)14(19)16-10-6-3-7-11-13(10)18-20-17-11/h2-7H,1H3,(H,16,19). The molecule has 1 aliphatic rings. The molecule has 2 aromatic carbocycles. The van der Waals surface area contributed by atoms with Crippen LogP contribution >= 0.6 is 0 Å². The number of aryl methyl sites for hydroxylation is 1. The van der Waals surface area contributed by atoms with Gasteiger partial charge in [0, 0.05) is 0 Å². The summed E-state index contributed by atoms with van der Waals surface area (Å²) in [5.41, 5.74) is 2.49. The number of nitrogens with one attached hydrogen (secondary N) is 1. The van der Waals surface area contributed by atoms with E-state index in [9.17, 15) is 9.18 Å². The first kappa shape index (κ1) is 13.0. The molecule has 0 saturated carbocycles. The van der Waals surface area contributed by atoms with Gasteiger partial charge in [-0.05, 0) is 0 Å². The normalized spacial score (nSPS) is 11.9. The Morgan fingerprint density at radius 3 is 2.85 bits per heavy atom. The summed E-state index contributed by atoms with van der Waals surface area (Å²) in [5.74, 6) is -0.974. The van der Waals surface area contributed by atoms with E-state index in [0.717, 1.165) is 5.69 Å². The average Bonchev–Trinajstić information content (AvgIpc) is 2.91. The maximum absolute atomic E-state index is 13.9. The Morgan fingerprint density at radius 1 is 1.20 bits per heavy atom. The summed E-state index contributed by atoms with van der Waals surface area (Å²) in [4.78, 5) is 12.2. The fraction of sp³-hybridized carbons (Fsp3) is 0.0714. The van der Waals surface area contributed by atoms with Crippen molar-refractivity contribution in [2.45, 2.75) is 6.92 Å². The molecule has 0 aliphatic carbocycles. The quantitative estimate of drug-likeness (QED) is 0.713. The van der Waals surface area contributed by atoms with Crippen LogP contribution in [-0.2, 0) is 0 Å². The van der Waals surface area contributed by atoms with Crippen LogP contribution in [-0.4, -0.2) is 20.5 Å². The number of anilines is 1. The van der Waals surface area contributed by atoms with Crippen LogP contribution in [0, 0.1) is 12.7 Å². The predicted molar refractivity (Wildman–Crippen MR) is 75.5 cm³/mol. The van der Waals surface area contributed by atoms with Crippen LogP contribution in [0.25, 0.3) is 0 Å². The van der Waals surface area contributed by atoms with Gasteiger partial charge in [0.1, 0.15) is 0 Å². The van der Waals surface area contributed by atoms with E-state index in [1.54, 1.807) is 31.2 Å². The molecule has 0 spiro atoms. The van der Waals surface area contributed by atoms with Gasteiger partial charge in [0.15, 0.2) is 0 Å². The molecule has 20 heavy (non-hydrogen) atoms. The van der Waals surface area contributed by atoms with E-state index >= 15 is 0 Å². The van der Waals surface area contributed by atoms with Crippen molar-refractivity contribution in [1.29, 1.82) is 0 Å². The van der Waals surface area contributed by atoms with E-state index in [0.29, 0.717) is 16.9 Å². The molecule has 1 heterocycles. The summed E-state index contributed by atoms with van der Waals surface area (Å²) in [5, 5.41) is 2.70. The Kier molecular flexibility index (Phi) is 3.34. The van der Waals surface area contributed by atoms with Gasteiger partial charge >= 0.3 is 120 Å². The predicted octanol–water partition coefficient (Wildman–Crippen LogP) is 3.73. The van der Waals surface area contributed by atoms with Gasteiger partial charge in [-0.2, -0.15) is 0 Å². The summed E-state index contributed by atoms with van der Waals surface area (Å²) >= 11 is -0.169. The minimum atomic E-state index is -0.497. The SMILES string of the molecule is Cc1cccc(C(=O)Nc2cccc3c2N=[Se]=N3)c1F. The third-order valence-electron chi connectivity index (χ3n) is 2.97. The monoisotopic (exact) mass is 335 g/mol. The number of carbonyl (C=O) groups excluding carboxylic acids is 1. The second-order valence-electron chi connectivity index (χ2n) is 4.33. The first-order valence-electron chi connectivity index (χ1n) is 5.94. The molecule has 1 aliphatic heterocycles. The van der Waals surface area contributed by atoms with Crippen LogP contribution in [0.4, 0.5) is 21.5 Å². The molecule has 3 rings (SSSR count). The number of benzene rings is 2. The fourth-order valence-electron chi connectivity index (χ4n) is 1.92. The third kappa shape index (κ3) is 2.24. The van der Waals surface area contributed by atoms with Gasteiger partial charge in [-0.3, -0.25) is 0 Å². The summed E-state index contributed by atoms with van der Waals surface area (Å²) < 4.78 is 22.4. The molecular formula is C14H10FN3OSe. The van der Waals surface area contributed by atoms with Crippen molar-refractivity contribution < 1.29 is 9.18 Å². The van der Waals surface area contributed by atoms with E-state index in [4.69, 9.17) is 0 Å². The molecule has 0 saturated heterocycles. The van der Waals surface area contributed by atoms with Gasteiger partial charge in [0.05, 0.1) is 0 Å². The van der Waals surface area contributed by atoms with Crippen LogP contribution < -0.4 is 5.32 Å². The topological polar surface area (TPSA) is 53.8 Å². The van der Waals surface area contributed by atoms with Crippen LogP contribution in [0.1, 0.15) is 15.9 Å². The summed E-state index contributed by atoms with van der Waals surface area (Å²) in [6.45, 7) is 1.63. The summed E-state index contributed by atoms with van der Waals surface area (Å²) in [7, 11) is 0. The van der Waals surface area contributed by atoms with Crippen molar-refractivity contribution >= 4 is 37.5 Å². The van der Waals surface area contributed by atoms with Crippen LogP contribution in [0.5, 0.6) is 0 Å². The molecule has 1 amide bonds. The third-order valence-corrected chi connectivity index (χ3v) is 4.11. The van der Waals surface area contributed by atoms with Gasteiger partial charge in [-0.25, -0.2) is 0 Å². The second kappa shape index (κ2) is 5.15. The molecule has 0 radical (unpaired) electrons. The zero-order valence-electron chi connectivity index (χ0n) is 10.6. The minimum absolute atomic E-state index is 0.0306. The number of halogens is 1. The number of fused-ring (bicyclic) bond motifs is 1. The van der Waals surface area contributed by atoms with Crippen LogP contribution in [0.15, 0.2) is 44.3 Å². The molecule has 1 N–H and O–H groups in total. The van der Waals surface area contributed by atoms with Crippen molar-refractivity contribution in [3.8, 4) is 0 Å². The van der Waals surface area contributed by atoms with Crippen molar-refractivity contribution in [3.05, 3.63) is 53.3 Å². The van der Waals surface area contributed by atoms with Crippen molar-refractivity contribution in [2.24, 2.45) is 7.92 Å². The maximum atomic E-state index is 13.9. The van der Waals surface area contributed by atoms with E-state index in [2.05, 4.69) is 13.2 Å². The number of amides is 1. The fourth-order valence-corrected chi connectivity index (χ4v) is 3.07. The van der Waals surface area contributed by atoms with Gasteiger partial charge in [0.2, 0.25) is 0 Å². The van der Waals surface area contributed by atoms with Crippen LogP contribution in [0.3, 0.4) is 0 Å². The van der Waals surface area contributed by atoms with E-state index in [1.807, 2.05) is 6.07 Å². The Hall–Kier alpha value is -2.04. The molecule has 0 unspecified atom stereocenters. The molecule has 6 heteroatoms. The average molecular weight is 334 g/mol. The van der Waals surface area contributed by atoms with Crippen LogP contribution in [0.2, 0.25) is 0 Å². The Bertz CT molecular complexity index is 782. The van der Waals surface area contributed by atoms with E-state index in [1.165, 1.54) is 6.07 Å². The molecule has 100 valence electrons. The number of nitrogens with zero attached hydrogens (tertiary/aromatic N) is 2. The number of rotatable bonds is 2. The number of hydrogen-bond donors (Lipinski definition) is 1. The molecule has 4 nitrogen and oxygen atoms in total. The Labute approximate surface area is 120 Å². The Balaban J connectivity index is 1.93. The summed E-state index contributed by atoms with van der Waals surface area (Å²) in [6.07, 6.45) is 0. The Morgan fingerprint density at radius 2 is 2.00 bits per heavy atom. The number of carbonyl (C=O) groups is 1. The molecule has 2 aromatic rings. The van der Waals surface area contributed by atoms with Crippen molar-refractivity contribution in [2.75, 3.05) is 5.32 Å². The zero-order chi connectivity index (χ0) is 14.1. The van der Waals surface area contributed by atoms with E-state index in [-0.39, 0.29) is 20.1 Å². The van der Waals surface area contributed by atoms with Gasteiger partial charge < -0.3 is 0 Å². The second-order valence-corrected chi connectivity index (χ2v) is 5.44. The molecule has 0 bridgehead atoms. The van der Waals surface area contributed by atoms with Gasteiger partial charge in [-0.1, -0.05) is 0 Å². The van der Waals surface area contributed by atoms with Crippen molar-refractivity contribution in [3.63, 3.8) is 0 Å². The number of hydrogen-bond acceptors (Lipinski definition) is 3. The summed E-state index contributed by atoms with van der Waals surface area (Å²) in [6, 6.07) is 10.1. The zero-order valence-corrected chi connectivity index (χ0v) is 12.3. The van der Waals surface area contributed by atoms with Gasteiger partial charge in [-0.15, -0.1) is 0 Å². The first-order chi connectivity index (χ1) is 9.66. The van der Waals surface area contributed by atoms with Crippen molar-refractivity contribution in [1.82, 2.24) is 0 Å². The molecule has 0 aromatic heterocycles. The molecular weight excluding hydrogens is 324 g/mol.